The number of aromatic carboxylic acids is 1. The Kier molecular flexibility index (Phi) is 27.2. The number of hydrogen-bond donors (Lipinski definition) is 1. The van der Waals surface area contributed by atoms with Gasteiger partial charge in [-0.25, -0.2) is 4.79 Å². The molecule has 1 aromatic carbocycles. The molecule has 1 rings (SSSR count). The van der Waals surface area contributed by atoms with Crippen LogP contribution in [-0.4, -0.2) is 43.2 Å². The minimum Gasteiger partial charge on any atom is -0.872 e. The van der Waals surface area contributed by atoms with E-state index in [0.717, 1.165) is 22.9 Å². The largest absolute Gasteiger partial charge is 0.872 e. The normalized spacial score (nSPS) is 11.4. The first-order valence-electron chi connectivity index (χ1n) is 18.0. The van der Waals surface area contributed by atoms with Crippen molar-refractivity contribution >= 4 is 5.97 Å². The number of carboxylic acids is 1. The Hall–Kier alpha value is -1.55. The van der Waals surface area contributed by atoms with Gasteiger partial charge in [-0.2, -0.15) is 0 Å². The van der Waals surface area contributed by atoms with Crippen LogP contribution < -0.4 is 5.11 Å². The highest BCUT2D eigenvalue weighted by atomic mass is 16.4. The lowest BCUT2D eigenvalue weighted by molar-refractivity contribution is -0.870. The van der Waals surface area contributed by atoms with Crippen molar-refractivity contribution in [1.29, 1.82) is 0 Å². The second-order valence-electron chi connectivity index (χ2n) is 13.7. The van der Waals surface area contributed by atoms with E-state index in [1.807, 2.05) is 0 Å². The Morgan fingerprint density at radius 2 is 0.952 bits per heavy atom. The van der Waals surface area contributed by atoms with Crippen LogP contribution in [0.5, 0.6) is 5.75 Å². The SMILES string of the molecule is CCCCCCCCCCCCCCCC[N+](C)(C)C.CCCCCCCCCCCCc1ccc([O-])c(C(=O)O)c1. The van der Waals surface area contributed by atoms with Crippen molar-refractivity contribution in [2.45, 2.75) is 174 Å². The van der Waals surface area contributed by atoms with Gasteiger partial charge in [0.15, 0.2) is 0 Å². The highest BCUT2D eigenvalue weighted by molar-refractivity contribution is 5.90. The summed E-state index contributed by atoms with van der Waals surface area (Å²) in [6.07, 6.45) is 34.1. The second-order valence-corrected chi connectivity index (χ2v) is 13.7. The number of carboxylic acid groups (broad SMARTS) is 1. The predicted octanol–water partition coefficient (Wildman–Crippen LogP) is 11.1. The van der Waals surface area contributed by atoms with E-state index in [4.69, 9.17) is 5.11 Å². The number of carbonyl (C=O) groups is 1. The van der Waals surface area contributed by atoms with Gasteiger partial charge >= 0.3 is 5.97 Å². The maximum atomic E-state index is 11.4. The lowest BCUT2D eigenvalue weighted by atomic mass is 10.0. The first kappa shape index (κ1) is 40.5. The Morgan fingerprint density at radius 1 is 0.595 bits per heavy atom. The van der Waals surface area contributed by atoms with Gasteiger partial charge in [0.05, 0.1) is 33.3 Å². The maximum absolute atomic E-state index is 11.4. The Balaban J connectivity index is 0.000000805. The highest BCUT2D eigenvalue weighted by Gasteiger charge is 2.06. The van der Waals surface area contributed by atoms with Gasteiger partial charge in [-0.1, -0.05) is 167 Å². The molecule has 0 bridgehead atoms. The lowest BCUT2D eigenvalue weighted by Crippen LogP contribution is -2.35. The standard InChI is InChI=1S/C19H42N.C19H30O3/c1-5-6-7-8-9-10-11-12-13-14-15-16-17-18-19-20(2,3)4;1-2-3-4-5-6-7-8-9-10-11-12-16-13-14-18(20)17(15-16)19(21)22/h5-19H2,1-4H3;13-15,20H,2-12H2,1H3,(H,21,22)/q+1;/p-1. The lowest BCUT2D eigenvalue weighted by Gasteiger charge is -2.23. The van der Waals surface area contributed by atoms with Crippen molar-refractivity contribution in [3.63, 3.8) is 0 Å². The summed E-state index contributed by atoms with van der Waals surface area (Å²) in [5.41, 5.74) is 0.848. The molecule has 0 aromatic heterocycles. The fourth-order valence-corrected chi connectivity index (χ4v) is 5.50. The molecule has 0 unspecified atom stereocenters. The maximum Gasteiger partial charge on any atom is 0.335 e. The molecule has 0 heterocycles. The van der Waals surface area contributed by atoms with E-state index >= 15 is 0 Å². The Morgan fingerprint density at radius 3 is 1.31 bits per heavy atom. The molecule has 4 heteroatoms. The number of hydrogen-bond acceptors (Lipinski definition) is 2. The minimum atomic E-state index is -1.13. The van der Waals surface area contributed by atoms with Crippen LogP contribution in [0.2, 0.25) is 0 Å². The van der Waals surface area contributed by atoms with Crippen LogP contribution in [0.4, 0.5) is 0 Å². The van der Waals surface area contributed by atoms with Gasteiger partial charge in [-0.15, -0.1) is 0 Å². The molecule has 42 heavy (non-hydrogen) atoms. The number of quaternary nitrogens is 1. The summed E-state index contributed by atoms with van der Waals surface area (Å²) in [4.78, 5) is 10.9. The molecule has 0 saturated carbocycles. The fourth-order valence-electron chi connectivity index (χ4n) is 5.50. The van der Waals surface area contributed by atoms with Crippen LogP contribution in [0.15, 0.2) is 18.2 Å². The van der Waals surface area contributed by atoms with Crippen molar-refractivity contribution in [3.05, 3.63) is 29.3 Å². The molecule has 1 aromatic rings. The summed E-state index contributed by atoms with van der Waals surface area (Å²) in [6, 6.07) is 4.65. The molecule has 0 spiro atoms. The molecule has 0 aliphatic rings. The van der Waals surface area contributed by atoms with Crippen LogP contribution in [-0.2, 0) is 6.42 Å². The second kappa shape index (κ2) is 28.2. The number of unbranched alkanes of at least 4 members (excludes halogenated alkanes) is 22. The molecule has 246 valence electrons. The average Bonchev–Trinajstić information content (AvgIpc) is 2.94. The van der Waals surface area contributed by atoms with Crippen molar-refractivity contribution in [2.75, 3.05) is 27.7 Å². The van der Waals surface area contributed by atoms with Gasteiger partial charge in [-0.3, -0.25) is 0 Å². The van der Waals surface area contributed by atoms with Gasteiger partial charge in [0.25, 0.3) is 0 Å². The number of nitrogens with zero attached hydrogens (tertiary/aromatic N) is 1. The molecule has 1 N–H and O–H groups in total. The van der Waals surface area contributed by atoms with Gasteiger partial charge in [0, 0.05) is 0 Å². The van der Waals surface area contributed by atoms with Gasteiger partial charge in [-0.05, 0) is 37.3 Å². The molecular weight excluding hydrogens is 518 g/mol. The molecule has 0 aliphatic heterocycles. The van der Waals surface area contributed by atoms with Crippen LogP contribution >= 0.6 is 0 Å². The smallest absolute Gasteiger partial charge is 0.335 e. The van der Waals surface area contributed by atoms with Crippen LogP contribution in [0.3, 0.4) is 0 Å². The van der Waals surface area contributed by atoms with Crippen molar-refractivity contribution in [3.8, 4) is 5.75 Å². The summed E-state index contributed by atoms with van der Waals surface area (Å²) in [7, 11) is 6.88. The average molecular weight is 590 g/mol. The third kappa shape index (κ3) is 27.3. The zero-order chi connectivity index (χ0) is 31.3. The molecule has 0 radical (unpaired) electrons. The van der Waals surface area contributed by atoms with Crippen molar-refractivity contribution in [1.82, 2.24) is 0 Å². The third-order valence-electron chi connectivity index (χ3n) is 8.28. The first-order chi connectivity index (χ1) is 20.2. The van der Waals surface area contributed by atoms with Gasteiger partial charge in [0.1, 0.15) is 0 Å². The van der Waals surface area contributed by atoms with Crippen LogP contribution in [0.1, 0.15) is 184 Å². The molecule has 0 aliphatic carbocycles. The fraction of sp³-hybridized carbons (Fsp3) is 0.816. The van der Waals surface area contributed by atoms with Crippen molar-refractivity contribution < 1.29 is 19.5 Å². The van der Waals surface area contributed by atoms with Crippen molar-refractivity contribution in [2.24, 2.45) is 0 Å². The Labute approximate surface area is 262 Å². The van der Waals surface area contributed by atoms with E-state index in [-0.39, 0.29) is 5.56 Å². The topological polar surface area (TPSA) is 60.4 Å². The van der Waals surface area contributed by atoms with Gasteiger partial charge in [0.2, 0.25) is 0 Å². The van der Waals surface area contributed by atoms with E-state index < -0.39 is 11.7 Å². The summed E-state index contributed by atoms with van der Waals surface area (Å²) in [5, 5.41) is 20.3. The minimum absolute atomic E-state index is 0.107. The van der Waals surface area contributed by atoms with Crippen LogP contribution in [0, 0.1) is 0 Å². The monoisotopic (exact) mass is 590 g/mol. The molecular formula is C38H71NO3. The zero-order valence-corrected chi connectivity index (χ0v) is 28.8. The number of aryl methyl sites for hydroxylation is 1. The van der Waals surface area contributed by atoms with E-state index in [9.17, 15) is 9.90 Å². The molecule has 0 atom stereocenters. The molecule has 0 amide bonds. The highest BCUT2D eigenvalue weighted by Crippen LogP contribution is 2.18. The third-order valence-corrected chi connectivity index (χ3v) is 8.28. The predicted molar refractivity (Wildman–Crippen MR) is 182 cm³/mol. The zero-order valence-electron chi connectivity index (χ0n) is 28.8. The van der Waals surface area contributed by atoms with E-state index in [1.54, 1.807) is 6.07 Å². The quantitative estimate of drug-likeness (QED) is 0.0820. The molecule has 4 nitrogen and oxygen atoms in total. The number of rotatable bonds is 27. The summed E-state index contributed by atoms with van der Waals surface area (Å²) in [5.74, 6) is -1.53. The number of benzene rings is 1. The van der Waals surface area contributed by atoms with E-state index in [1.165, 1.54) is 166 Å². The Bertz CT molecular complexity index is 740. The van der Waals surface area contributed by atoms with E-state index in [0.29, 0.717) is 0 Å². The van der Waals surface area contributed by atoms with E-state index in [2.05, 4.69) is 35.0 Å². The summed E-state index contributed by atoms with van der Waals surface area (Å²) in [6.45, 7) is 5.87. The summed E-state index contributed by atoms with van der Waals surface area (Å²) >= 11 is 0. The van der Waals surface area contributed by atoms with Crippen LogP contribution in [0.25, 0.3) is 0 Å². The molecule has 0 saturated heterocycles. The first-order valence-corrected chi connectivity index (χ1v) is 18.0. The summed E-state index contributed by atoms with van der Waals surface area (Å²) < 4.78 is 1.12. The molecule has 0 fully saturated rings. The van der Waals surface area contributed by atoms with Gasteiger partial charge < -0.3 is 14.7 Å².